The molecule has 2 rings (SSSR count). The zero-order valence-corrected chi connectivity index (χ0v) is 15.7. The SMILES string of the molecule is CCOc1ccc(NC(=O)CN(C)C(=O)C2=NNC(=O)CC2)cc1OCC. The maximum absolute atomic E-state index is 12.3. The zero-order valence-electron chi connectivity index (χ0n) is 15.7. The second kappa shape index (κ2) is 9.56. The van der Waals surface area contributed by atoms with E-state index >= 15 is 0 Å². The maximum atomic E-state index is 12.3. The van der Waals surface area contributed by atoms with Gasteiger partial charge in [-0.2, -0.15) is 5.10 Å². The van der Waals surface area contributed by atoms with Crippen LogP contribution < -0.4 is 20.2 Å². The number of nitrogens with zero attached hydrogens (tertiary/aromatic N) is 2. The Hall–Kier alpha value is -3.10. The third-order valence-electron chi connectivity index (χ3n) is 3.71. The molecule has 0 saturated heterocycles. The van der Waals surface area contributed by atoms with E-state index in [0.717, 1.165) is 0 Å². The first-order valence-corrected chi connectivity index (χ1v) is 8.75. The Morgan fingerprint density at radius 3 is 2.52 bits per heavy atom. The highest BCUT2D eigenvalue weighted by Crippen LogP contribution is 2.30. The molecular formula is C18H24N4O5. The fourth-order valence-electron chi connectivity index (χ4n) is 2.47. The summed E-state index contributed by atoms with van der Waals surface area (Å²) in [5, 5.41) is 6.47. The van der Waals surface area contributed by atoms with E-state index in [9.17, 15) is 14.4 Å². The van der Waals surface area contributed by atoms with Crippen molar-refractivity contribution in [3.63, 3.8) is 0 Å². The van der Waals surface area contributed by atoms with Gasteiger partial charge in [-0.3, -0.25) is 14.4 Å². The van der Waals surface area contributed by atoms with E-state index in [0.29, 0.717) is 30.4 Å². The normalized spacial score (nSPS) is 13.3. The van der Waals surface area contributed by atoms with Crippen molar-refractivity contribution in [1.82, 2.24) is 10.3 Å². The van der Waals surface area contributed by atoms with E-state index in [1.165, 1.54) is 11.9 Å². The van der Waals surface area contributed by atoms with E-state index in [4.69, 9.17) is 9.47 Å². The number of ether oxygens (including phenoxy) is 2. The molecule has 2 N–H and O–H groups in total. The van der Waals surface area contributed by atoms with Gasteiger partial charge in [-0.1, -0.05) is 0 Å². The molecule has 1 aliphatic rings. The average molecular weight is 376 g/mol. The number of benzene rings is 1. The quantitative estimate of drug-likeness (QED) is 0.707. The number of hydrogen-bond donors (Lipinski definition) is 2. The maximum Gasteiger partial charge on any atom is 0.270 e. The summed E-state index contributed by atoms with van der Waals surface area (Å²) in [5.41, 5.74) is 3.03. The standard InChI is InChI=1S/C18H24N4O5/c1-4-26-14-8-6-12(10-15(14)27-5-2)19-17(24)11-22(3)18(25)13-7-9-16(23)21-20-13/h6,8,10H,4-5,7,9,11H2,1-3H3,(H,19,24)(H,21,23). The summed E-state index contributed by atoms with van der Waals surface area (Å²) in [4.78, 5) is 36.9. The van der Waals surface area contributed by atoms with Gasteiger partial charge in [0.1, 0.15) is 5.71 Å². The molecule has 1 aromatic carbocycles. The van der Waals surface area contributed by atoms with Gasteiger partial charge in [0.15, 0.2) is 11.5 Å². The number of nitrogens with one attached hydrogen (secondary N) is 2. The molecule has 0 fully saturated rings. The van der Waals surface area contributed by atoms with Crippen LogP contribution in [0.15, 0.2) is 23.3 Å². The molecule has 27 heavy (non-hydrogen) atoms. The van der Waals surface area contributed by atoms with E-state index in [-0.39, 0.29) is 36.9 Å². The van der Waals surface area contributed by atoms with E-state index in [2.05, 4.69) is 15.8 Å². The highest BCUT2D eigenvalue weighted by Gasteiger charge is 2.22. The summed E-state index contributed by atoms with van der Waals surface area (Å²) in [6.45, 7) is 4.55. The lowest BCUT2D eigenvalue weighted by molar-refractivity contribution is -0.128. The lowest BCUT2D eigenvalue weighted by Crippen LogP contribution is -2.41. The summed E-state index contributed by atoms with van der Waals surface area (Å²) in [6, 6.07) is 5.10. The molecule has 3 amide bonds. The van der Waals surface area contributed by atoms with Crippen LogP contribution in [0.3, 0.4) is 0 Å². The molecule has 0 bridgehead atoms. The minimum atomic E-state index is -0.396. The van der Waals surface area contributed by atoms with Crippen molar-refractivity contribution in [2.24, 2.45) is 5.10 Å². The van der Waals surface area contributed by atoms with Gasteiger partial charge in [-0.05, 0) is 26.0 Å². The number of rotatable bonds is 8. The van der Waals surface area contributed by atoms with Crippen LogP contribution in [0, 0.1) is 0 Å². The molecule has 0 saturated carbocycles. The molecule has 9 heteroatoms. The first kappa shape index (κ1) is 20.2. The molecular weight excluding hydrogens is 352 g/mol. The Labute approximate surface area is 157 Å². The smallest absolute Gasteiger partial charge is 0.270 e. The molecule has 0 spiro atoms. The Balaban J connectivity index is 1.97. The molecule has 0 atom stereocenters. The average Bonchev–Trinajstić information content (AvgIpc) is 2.64. The number of carbonyl (C=O) groups is 3. The molecule has 146 valence electrons. The van der Waals surface area contributed by atoms with Gasteiger partial charge in [0.2, 0.25) is 11.8 Å². The van der Waals surface area contributed by atoms with Crippen molar-refractivity contribution in [3.8, 4) is 11.5 Å². The number of carbonyl (C=O) groups excluding carboxylic acids is 3. The molecule has 0 aromatic heterocycles. The fraction of sp³-hybridized carbons (Fsp3) is 0.444. The molecule has 0 unspecified atom stereocenters. The van der Waals surface area contributed by atoms with Crippen molar-refractivity contribution in [3.05, 3.63) is 18.2 Å². The summed E-state index contributed by atoms with van der Waals surface area (Å²) >= 11 is 0. The number of likely N-dealkylation sites (N-methyl/N-ethyl adjacent to an activating group) is 1. The lowest BCUT2D eigenvalue weighted by atomic mass is 10.1. The van der Waals surface area contributed by atoms with E-state index in [1.54, 1.807) is 18.2 Å². The molecule has 9 nitrogen and oxygen atoms in total. The first-order chi connectivity index (χ1) is 12.9. The molecule has 0 aliphatic carbocycles. The predicted octanol–water partition coefficient (Wildman–Crippen LogP) is 1.15. The van der Waals surface area contributed by atoms with Crippen molar-refractivity contribution >= 4 is 29.1 Å². The van der Waals surface area contributed by atoms with Crippen molar-refractivity contribution in [2.45, 2.75) is 26.7 Å². The highest BCUT2D eigenvalue weighted by molar-refractivity contribution is 6.39. The van der Waals surface area contributed by atoms with Crippen LogP contribution in [0.1, 0.15) is 26.7 Å². The van der Waals surface area contributed by atoms with Crippen molar-refractivity contribution in [1.29, 1.82) is 0 Å². The monoisotopic (exact) mass is 376 g/mol. The summed E-state index contributed by atoms with van der Waals surface area (Å²) in [7, 11) is 1.50. The van der Waals surface area contributed by atoms with Crippen LogP contribution in [0.2, 0.25) is 0 Å². The first-order valence-electron chi connectivity index (χ1n) is 8.75. The Bertz CT molecular complexity index is 747. The fourth-order valence-corrected chi connectivity index (χ4v) is 2.47. The second-order valence-electron chi connectivity index (χ2n) is 5.83. The van der Waals surface area contributed by atoms with E-state index in [1.807, 2.05) is 13.8 Å². The number of hydrazone groups is 1. The molecule has 0 radical (unpaired) electrons. The van der Waals surface area contributed by atoms with Gasteiger partial charge in [-0.25, -0.2) is 5.43 Å². The Kier molecular flexibility index (Phi) is 7.16. The van der Waals surface area contributed by atoms with E-state index < -0.39 is 5.91 Å². The van der Waals surface area contributed by atoms with Crippen LogP contribution >= 0.6 is 0 Å². The third-order valence-corrected chi connectivity index (χ3v) is 3.71. The number of hydrogen-bond acceptors (Lipinski definition) is 6. The van der Waals surface area contributed by atoms with Gasteiger partial charge in [0.05, 0.1) is 19.8 Å². The Morgan fingerprint density at radius 2 is 1.89 bits per heavy atom. The molecule has 1 aliphatic heterocycles. The van der Waals surface area contributed by atoms with Crippen LogP contribution in [0.5, 0.6) is 11.5 Å². The predicted molar refractivity (Wildman–Crippen MR) is 99.9 cm³/mol. The van der Waals surface area contributed by atoms with Crippen LogP contribution in [-0.4, -0.2) is 55.1 Å². The summed E-state index contributed by atoms with van der Waals surface area (Å²) < 4.78 is 11.0. The minimum absolute atomic E-state index is 0.150. The number of amides is 3. The molecule has 1 heterocycles. The van der Waals surface area contributed by atoms with Gasteiger partial charge in [-0.15, -0.1) is 0 Å². The second-order valence-corrected chi connectivity index (χ2v) is 5.83. The third kappa shape index (κ3) is 5.70. The van der Waals surface area contributed by atoms with Gasteiger partial charge in [0.25, 0.3) is 5.91 Å². The summed E-state index contributed by atoms with van der Waals surface area (Å²) in [6.07, 6.45) is 0.463. The van der Waals surface area contributed by atoms with Gasteiger partial charge < -0.3 is 19.7 Å². The lowest BCUT2D eigenvalue weighted by Gasteiger charge is -2.19. The van der Waals surface area contributed by atoms with Gasteiger partial charge >= 0.3 is 0 Å². The van der Waals surface area contributed by atoms with Crippen LogP contribution in [0.4, 0.5) is 5.69 Å². The van der Waals surface area contributed by atoms with Crippen LogP contribution in [0.25, 0.3) is 0 Å². The van der Waals surface area contributed by atoms with Crippen LogP contribution in [-0.2, 0) is 14.4 Å². The van der Waals surface area contributed by atoms with Crippen molar-refractivity contribution < 1.29 is 23.9 Å². The number of anilines is 1. The zero-order chi connectivity index (χ0) is 19.8. The largest absolute Gasteiger partial charge is 0.490 e. The van der Waals surface area contributed by atoms with Crippen molar-refractivity contribution in [2.75, 3.05) is 32.1 Å². The van der Waals surface area contributed by atoms with Gasteiger partial charge in [0, 0.05) is 31.6 Å². The minimum Gasteiger partial charge on any atom is -0.490 e. The Morgan fingerprint density at radius 1 is 1.19 bits per heavy atom. The highest BCUT2D eigenvalue weighted by atomic mass is 16.5. The topological polar surface area (TPSA) is 109 Å². The molecule has 1 aromatic rings. The summed E-state index contributed by atoms with van der Waals surface area (Å²) in [5.74, 6) is 0.146.